The maximum Gasteiger partial charge on any atom is 0.325 e. The van der Waals surface area contributed by atoms with E-state index < -0.39 is 17.7 Å². The molecule has 0 atom stereocenters. The number of pyridine rings is 1. The van der Waals surface area contributed by atoms with E-state index >= 15 is 0 Å². The minimum atomic E-state index is -1.01. The third-order valence-electron chi connectivity index (χ3n) is 4.13. The van der Waals surface area contributed by atoms with Gasteiger partial charge in [0.15, 0.2) is 11.6 Å². The van der Waals surface area contributed by atoms with Crippen LogP contribution in [0.4, 0.5) is 19.3 Å². The highest BCUT2D eigenvalue weighted by atomic mass is 19.2. The zero-order chi connectivity index (χ0) is 18.5. The Morgan fingerprint density at radius 3 is 2.62 bits per heavy atom. The van der Waals surface area contributed by atoms with Gasteiger partial charge in [-0.3, -0.25) is 14.7 Å². The summed E-state index contributed by atoms with van der Waals surface area (Å²) >= 11 is 0. The highest BCUT2D eigenvalue weighted by molar-refractivity contribution is 5.96. The van der Waals surface area contributed by atoms with Crippen LogP contribution in [0.1, 0.15) is 5.56 Å². The molecule has 136 valence electrons. The first kappa shape index (κ1) is 17.8. The number of hydrogen-bond donors (Lipinski definition) is 1. The van der Waals surface area contributed by atoms with Gasteiger partial charge < -0.3 is 10.2 Å². The molecular formula is C18H18F2N4O2. The molecule has 0 unspecified atom stereocenters. The van der Waals surface area contributed by atoms with E-state index in [1.165, 1.54) is 15.9 Å². The normalized spacial score (nSPS) is 14.0. The Balaban J connectivity index is 1.50. The van der Waals surface area contributed by atoms with Crippen LogP contribution in [-0.2, 0) is 11.2 Å². The van der Waals surface area contributed by atoms with E-state index in [2.05, 4.69) is 10.3 Å². The first-order valence-electron chi connectivity index (χ1n) is 8.21. The van der Waals surface area contributed by atoms with Crippen LogP contribution < -0.4 is 10.2 Å². The van der Waals surface area contributed by atoms with E-state index in [1.54, 1.807) is 12.4 Å². The Bertz CT molecular complexity index is 801. The second kappa shape index (κ2) is 7.90. The fraction of sp³-hybridized carbons (Fsp3) is 0.278. The minimum absolute atomic E-state index is 0.0741. The van der Waals surface area contributed by atoms with Crippen molar-refractivity contribution < 1.29 is 18.4 Å². The molecule has 1 saturated heterocycles. The van der Waals surface area contributed by atoms with Gasteiger partial charge in [0.05, 0.1) is 0 Å². The Labute approximate surface area is 149 Å². The van der Waals surface area contributed by atoms with Gasteiger partial charge in [0, 0.05) is 43.8 Å². The zero-order valence-electron chi connectivity index (χ0n) is 14.0. The molecule has 0 saturated carbocycles. The van der Waals surface area contributed by atoms with Crippen LogP contribution in [0.5, 0.6) is 0 Å². The fourth-order valence-electron chi connectivity index (χ4n) is 2.75. The van der Waals surface area contributed by atoms with Crippen LogP contribution in [0.25, 0.3) is 0 Å². The number of nitrogens with one attached hydrogen (secondary N) is 1. The molecule has 8 heteroatoms. The summed E-state index contributed by atoms with van der Waals surface area (Å²) < 4.78 is 26.4. The number of carbonyl (C=O) groups is 2. The summed E-state index contributed by atoms with van der Waals surface area (Å²) in [4.78, 5) is 31.0. The van der Waals surface area contributed by atoms with Crippen molar-refractivity contribution in [3.05, 3.63) is 59.9 Å². The smallest absolute Gasteiger partial charge is 0.325 e. The number of aromatic nitrogens is 1. The van der Waals surface area contributed by atoms with Crippen molar-refractivity contribution in [3.8, 4) is 0 Å². The molecule has 6 nitrogen and oxygen atoms in total. The Kier molecular flexibility index (Phi) is 5.40. The molecule has 0 aliphatic carbocycles. The van der Waals surface area contributed by atoms with Gasteiger partial charge in [0.1, 0.15) is 6.54 Å². The first-order chi connectivity index (χ1) is 12.5. The number of amides is 3. The summed E-state index contributed by atoms with van der Waals surface area (Å²) in [6.07, 6.45) is 4.04. The lowest BCUT2D eigenvalue weighted by atomic mass is 10.2. The number of carbonyl (C=O) groups excluding carboxylic acids is 2. The van der Waals surface area contributed by atoms with Crippen LogP contribution in [0.3, 0.4) is 0 Å². The van der Waals surface area contributed by atoms with Crippen molar-refractivity contribution in [2.45, 2.75) is 6.42 Å². The number of halogens is 2. The van der Waals surface area contributed by atoms with Crippen LogP contribution in [0, 0.1) is 11.6 Å². The largest absolute Gasteiger partial charge is 0.354 e. The minimum Gasteiger partial charge on any atom is -0.354 e. The number of hydrogen-bond acceptors (Lipinski definition) is 3. The highest BCUT2D eigenvalue weighted by Crippen LogP contribution is 2.22. The molecule has 1 aliphatic rings. The van der Waals surface area contributed by atoms with E-state index in [9.17, 15) is 18.4 Å². The first-order valence-corrected chi connectivity index (χ1v) is 8.21. The van der Waals surface area contributed by atoms with Crippen molar-refractivity contribution in [2.75, 3.05) is 31.1 Å². The summed E-state index contributed by atoms with van der Waals surface area (Å²) in [6, 6.07) is 6.64. The van der Waals surface area contributed by atoms with Gasteiger partial charge in [-0.25, -0.2) is 13.6 Å². The molecule has 3 amide bonds. The molecule has 1 aromatic carbocycles. The lowest BCUT2D eigenvalue weighted by Gasteiger charge is -2.18. The second-order valence-corrected chi connectivity index (χ2v) is 5.91. The predicted molar refractivity (Wildman–Crippen MR) is 91.6 cm³/mol. The molecule has 2 heterocycles. The van der Waals surface area contributed by atoms with E-state index in [4.69, 9.17) is 0 Å². The number of urea groups is 1. The molecule has 1 fully saturated rings. The SMILES string of the molecule is O=C(CN1CCN(c2ccc(F)c(F)c2)C1=O)NCCc1ccncc1. The van der Waals surface area contributed by atoms with Gasteiger partial charge in [0.25, 0.3) is 0 Å². The van der Waals surface area contributed by atoms with Gasteiger partial charge in [-0.05, 0) is 36.2 Å². The van der Waals surface area contributed by atoms with E-state index in [1.807, 2.05) is 12.1 Å². The Morgan fingerprint density at radius 1 is 1.12 bits per heavy atom. The van der Waals surface area contributed by atoms with E-state index in [0.717, 1.165) is 17.7 Å². The number of nitrogens with zero attached hydrogens (tertiary/aromatic N) is 3. The molecule has 0 radical (unpaired) electrons. The quantitative estimate of drug-likeness (QED) is 0.857. The summed E-state index contributed by atoms with van der Waals surface area (Å²) in [5, 5.41) is 2.77. The van der Waals surface area contributed by atoms with Crippen molar-refractivity contribution >= 4 is 17.6 Å². The second-order valence-electron chi connectivity index (χ2n) is 5.91. The molecule has 0 spiro atoms. The van der Waals surface area contributed by atoms with Crippen molar-refractivity contribution in [2.24, 2.45) is 0 Å². The van der Waals surface area contributed by atoms with Crippen molar-refractivity contribution in [1.82, 2.24) is 15.2 Å². The van der Waals surface area contributed by atoms with E-state index in [-0.39, 0.29) is 18.1 Å². The van der Waals surface area contributed by atoms with Crippen LogP contribution in [0.15, 0.2) is 42.7 Å². The van der Waals surface area contributed by atoms with Crippen LogP contribution in [-0.4, -0.2) is 48.0 Å². The molecule has 26 heavy (non-hydrogen) atoms. The fourth-order valence-corrected chi connectivity index (χ4v) is 2.75. The topological polar surface area (TPSA) is 65.5 Å². The average Bonchev–Trinajstić information content (AvgIpc) is 2.99. The highest BCUT2D eigenvalue weighted by Gasteiger charge is 2.31. The molecule has 0 bridgehead atoms. The van der Waals surface area contributed by atoms with E-state index in [0.29, 0.717) is 26.1 Å². The molecule has 1 aliphatic heterocycles. The molecule has 1 aromatic heterocycles. The number of rotatable bonds is 6. The molecular weight excluding hydrogens is 342 g/mol. The summed E-state index contributed by atoms with van der Waals surface area (Å²) in [7, 11) is 0. The maximum absolute atomic E-state index is 13.4. The van der Waals surface area contributed by atoms with Crippen LogP contribution in [0.2, 0.25) is 0 Å². The Morgan fingerprint density at radius 2 is 1.88 bits per heavy atom. The lowest BCUT2D eigenvalue weighted by molar-refractivity contribution is -0.121. The van der Waals surface area contributed by atoms with Gasteiger partial charge in [-0.15, -0.1) is 0 Å². The number of anilines is 1. The lowest BCUT2D eigenvalue weighted by Crippen LogP contribution is -2.40. The number of benzene rings is 1. The maximum atomic E-state index is 13.4. The predicted octanol–water partition coefficient (Wildman–Crippen LogP) is 1.96. The van der Waals surface area contributed by atoms with Gasteiger partial charge >= 0.3 is 6.03 Å². The van der Waals surface area contributed by atoms with Crippen molar-refractivity contribution in [1.29, 1.82) is 0 Å². The summed E-state index contributed by atoms with van der Waals surface area (Å²) in [5.74, 6) is -2.24. The molecule has 3 rings (SSSR count). The third-order valence-corrected chi connectivity index (χ3v) is 4.13. The zero-order valence-corrected chi connectivity index (χ0v) is 14.0. The molecule has 2 aromatic rings. The van der Waals surface area contributed by atoms with Crippen LogP contribution >= 0.6 is 0 Å². The standard InChI is InChI=1S/C18H18F2N4O2/c19-15-2-1-14(11-16(15)20)24-10-9-23(18(24)26)12-17(25)22-8-5-13-3-6-21-7-4-13/h1-4,6-7,11H,5,8-10,12H2,(H,22,25). The summed E-state index contributed by atoms with van der Waals surface area (Å²) in [6.45, 7) is 1.04. The van der Waals surface area contributed by atoms with Crippen molar-refractivity contribution in [3.63, 3.8) is 0 Å². The Hall–Kier alpha value is -3.03. The van der Waals surface area contributed by atoms with Gasteiger partial charge in [0.2, 0.25) is 5.91 Å². The monoisotopic (exact) mass is 360 g/mol. The van der Waals surface area contributed by atoms with Gasteiger partial charge in [-0.1, -0.05) is 0 Å². The summed E-state index contributed by atoms with van der Waals surface area (Å²) in [5.41, 5.74) is 1.33. The van der Waals surface area contributed by atoms with Gasteiger partial charge in [-0.2, -0.15) is 0 Å². The third kappa shape index (κ3) is 4.14. The molecule has 1 N–H and O–H groups in total. The average molecular weight is 360 g/mol.